The molecule has 2 aromatic heterocycles. The lowest BCUT2D eigenvalue weighted by molar-refractivity contribution is -0.115. The van der Waals surface area contributed by atoms with Crippen LogP contribution in [0.5, 0.6) is 0 Å². The number of pyridine rings is 1. The minimum absolute atomic E-state index is 0.135. The quantitative estimate of drug-likeness (QED) is 0.745. The molecule has 0 spiro atoms. The average Bonchev–Trinajstić information content (AvgIpc) is 3.10. The molecule has 0 atom stereocenters. The molecule has 0 unspecified atom stereocenters. The van der Waals surface area contributed by atoms with Gasteiger partial charge in [0, 0.05) is 23.6 Å². The Morgan fingerprint density at radius 3 is 2.76 bits per heavy atom. The van der Waals surface area contributed by atoms with Crippen LogP contribution in [0.4, 0.5) is 5.69 Å². The Morgan fingerprint density at radius 2 is 2.00 bits per heavy atom. The molecule has 7 nitrogen and oxygen atoms in total. The first-order valence-corrected chi connectivity index (χ1v) is 7.93. The van der Waals surface area contributed by atoms with Gasteiger partial charge in [0.25, 0.3) is 5.91 Å². The van der Waals surface area contributed by atoms with Crippen LogP contribution >= 0.6 is 0 Å². The molecule has 3 aromatic rings. The van der Waals surface area contributed by atoms with Crippen molar-refractivity contribution in [3.8, 4) is 0 Å². The summed E-state index contributed by atoms with van der Waals surface area (Å²) in [6.45, 7) is 3.70. The zero-order valence-corrected chi connectivity index (χ0v) is 13.9. The molecule has 25 heavy (non-hydrogen) atoms. The Bertz CT molecular complexity index is 912. The van der Waals surface area contributed by atoms with E-state index in [0.717, 1.165) is 5.39 Å². The van der Waals surface area contributed by atoms with Crippen molar-refractivity contribution in [3.63, 3.8) is 0 Å². The van der Waals surface area contributed by atoms with Crippen molar-refractivity contribution in [2.75, 3.05) is 11.9 Å². The van der Waals surface area contributed by atoms with Gasteiger partial charge >= 0.3 is 0 Å². The number of carbonyl (C=O) groups excluding carboxylic acids is 2. The van der Waals surface area contributed by atoms with Crippen molar-refractivity contribution < 1.29 is 14.1 Å². The molecule has 0 radical (unpaired) electrons. The van der Waals surface area contributed by atoms with E-state index < -0.39 is 5.91 Å². The minimum Gasteiger partial charge on any atom is -0.360 e. The molecule has 128 valence electrons. The average molecular weight is 338 g/mol. The molecule has 2 heterocycles. The molecule has 0 saturated heterocycles. The SMILES string of the molecule is CC(C)c1cc(C(=O)NCC(=O)Nc2cccc3cccnc23)no1. The Kier molecular flexibility index (Phi) is 4.74. The molecule has 1 aromatic carbocycles. The number of hydrogen-bond acceptors (Lipinski definition) is 5. The largest absolute Gasteiger partial charge is 0.360 e. The summed E-state index contributed by atoms with van der Waals surface area (Å²) in [5, 5.41) is 9.92. The van der Waals surface area contributed by atoms with Gasteiger partial charge in [-0.2, -0.15) is 0 Å². The lowest BCUT2D eigenvalue weighted by Gasteiger charge is -2.08. The predicted molar refractivity (Wildman–Crippen MR) is 93.3 cm³/mol. The van der Waals surface area contributed by atoms with E-state index in [9.17, 15) is 9.59 Å². The van der Waals surface area contributed by atoms with Crippen LogP contribution in [-0.4, -0.2) is 28.5 Å². The van der Waals surface area contributed by atoms with Crippen molar-refractivity contribution in [3.05, 3.63) is 54.0 Å². The normalized spacial score (nSPS) is 10.8. The van der Waals surface area contributed by atoms with Gasteiger partial charge in [-0.25, -0.2) is 0 Å². The standard InChI is InChI=1S/C18H18N4O3/c1-11(2)15-9-14(22-25-15)18(24)20-10-16(23)21-13-7-3-5-12-6-4-8-19-17(12)13/h3-9,11H,10H2,1-2H3,(H,20,24)(H,21,23). The third-order valence-corrected chi connectivity index (χ3v) is 3.65. The fraction of sp³-hybridized carbons (Fsp3) is 0.222. The lowest BCUT2D eigenvalue weighted by atomic mass is 10.1. The van der Waals surface area contributed by atoms with E-state index in [4.69, 9.17) is 4.52 Å². The fourth-order valence-electron chi connectivity index (χ4n) is 2.32. The molecule has 0 bridgehead atoms. The summed E-state index contributed by atoms with van der Waals surface area (Å²) >= 11 is 0. The highest BCUT2D eigenvalue weighted by molar-refractivity contribution is 6.02. The van der Waals surface area contributed by atoms with E-state index in [1.165, 1.54) is 0 Å². The number of hydrogen-bond donors (Lipinski definition) is 2. The Balaban J connectivity index is 1.61. The summed E-state index contributed by atoms with van der Waals surface area (Å²) in [6.07, 6.45) is 1.66. The maximum absolute atomic E-state index is 12.1. The number of para-hydroxylation sites is 1. The van der Waals surface area contributed by atoms with Crippen molar-refractivity contribution in [1.29, 1.82) is 0 Å². The molecule has 0 aliphatic carbocycles. The number of amides is 2. The summed E-state index contributed by atoms with van der Waals surface area (Å²) in [7, 11) is 0. The zero-order valence-electron chi connectivity index (χ0n) is 13.9. The van der Waals surface area contributed by atoms with Crippen LogP contribution in [0.25, 0.3) is 10.9 Å². The fourth-order valence-corrected chi connectivity index (χ4v) is 2.32. The van der Waals surface area contributed by atoms with Crippen LogP contribution in [-0.2, 0) is 4.79 Å². The molecule has 0 fully saturated rings. The smallest absolute Gasteiger partial charge is 0.273 e. The second kappa shape index (κ2) is 7.12. The first-order chi connectivity index (χ1) is 12.0. The molecular formula is C18H18N4O3. The Labute approximate surface area is 144 Å². The van der Waals surface area contributed by atoms with Crippen molar-refractivity contribution in [1.82, 2.24) is 15.5 Å². The van der Waals surface area contributed by atoms with E-state index in [1.54, 1.807) is 18.3 Å². The van der Waals surface area contributed by atoms with Gasteiger partial charge in [0.05, 0.1) is 17.7 Å². The first-order valence-electron chi connectivity index (χ1n) is 7.93. The number of anilines is 1. The van der Waals surface area contributed by atoms with Crippen LogP contribution < -0.4 is 10.6 Å². The third-order valence-electron chi connectivity index (χ3n) is 3.65. The minimum atomic E-state index is -0.457. The number of nitrogens with one attached hydrogen (secondary N) is 2. The van der Waals surface area contributed by atoms with E-state index in [1.807, 2.05) is 38.1 Å². The maximum atomic E-state index is 12.1. The summed E-state index contributed by atoms with van der Waals surface area (Å²) in [5.74, 6) is -0.0476. The third kappa shape index (κ3) is 3.82. The number of rotatable bonds is 5. The maximum Gasteiger partial charge on any atom is 0.273 e. The summed E-state index contributed by atoms with van der Waals surface area (Å²) in [6, 6.07) is 10.8. The summed E-state index contributed by atoms with van der Waals surface area (Å²) in [5.41, 5.74) is 1.45. The van der Waals surface area contributed by atoms with E-state index in [2.05, 4.69) is 20.8 Å². The van der Waals surface area contributed by atoms with Crippen LogP contribution in [0.3, 0.4) is 0 Å². The molecule has 0 aliphatic heterocycles. The van der Waals surface area contributed by atoms with Gasteiger partial charge in [0.1, 0.15) is 5.76 Å². The molecule has 0 saturated carbocycles. The molecule has 7 heteroatoms. The first kappa shape index (κ1) is 16.6. The second-order valence-electron chi connectivity index (χ2n) is 5.88. The second-order valence-corrected chi connectivity index (χ2v) is 5.88. The van der Waals surface area contributed by atoms with Gasteiger partial charge in [0.2, 0.25) is 5.91 Å². The van der Waals surface area contributed by atoms with Gasteiger partial charge in [0.15, 0.2) is 5.69 Å². The molecule has 2 N–H and O–H groups in total. The highest BCUT2D eigenvalue weighted by Crippen LogP contribution is 2.20. The zero-order chi connectivity index (χ0) is 17.8. The number of carbonyl (C=O) groups is 2. The topological polar surface area (TPSA) is 97.1 Å². The lowest BCUT2D eigenvalue weighted by Crippen LogP contribution is -2.33. The van der Waals surface area contributed by atoms with E-state index >= 15 is 0 Å². The van der Waals surface area contributed by atoms with Gasteiger partial charge in [-0.15, -0.1) is 0 Å². The van der Waals surface area contributed by atoms with Crippen molar-refractivity contribution in [2.45, 2.75) is 19.8 Å². The Hall–Kier alpha value is -3.22. The highest BCUT2D eigenvalue weighted by atomic mass is 16.5. The van der Waals surface area contributed by atoms with Gasteiger partial charge in [-0.3, -0.25) is 14.6 Å². The number of fused-ring (bicyclic) bond motifs is 1. The molecule has 2 amide bonds. The van der Waals surface area contributed by atoms with Crippen LogP contribution in [0.2, 0.25) is 0 Å². The summed E-state index contributed by atoms with van der Waals surface area (Å²) < 4.78 is 5.08. The van der Waals surface area contributed by atoms with Crippen molar-refractivity contribution >= 4 is 28.4 Å². The molecule has 3 rings (SSSR count). The van der Waals surface area contributed by atoms with Crippen molar-refractivity contribution in [2.24, 2.45) is 0 Å². The molecule has 0 aliphatic rings. The number of nitrogens with zero attached hydrogens (tertiary/aromatic N) is 2. The number of benzene rings is 1. The van der Waals surface area contributed by atoms with E-state index in [-0.39, 0.29) is 24.1 Å². The van der Waals surface area contributed by atoms with E-state index in [0.29, 0.717) is 17.0 Å². The molecular weight excluding hydrogens is 320 g/mol. The highest BCUT2D eigenvalue weighted by Gasteiger charge is 2.15. The summed E-state index contributed by atoms with van der Waals surface area (Å²) in [4.78, 5) is 28.4. The van der Waals surface area contributed by atoms with Crippen LogP contribution in [0.15, 0.2) is 47.1 Å². The van der Waals surface area contributed by atoms with Gasteiger partial charge in [-0.05, 0) is 12.1 Å². The monoisotopic (exact) mass is 338 g/mol. The Morgan fingerprint density at radius 1 is 1.20 bits per heavy atom. The van der Waals surface area contributed by atoms with Crippen LogP contribution in [0, 0.1) is 0 Å². The number of aromatic nitrogens is 2. The van der Waals surface area contributed by atoms with Gasteiger partial charge < -0.3 is 15.2 Å². The van der Waals surface area contributed by atoms with Crippen LogP contribution in [0.1, 0.15) is 36.0 Å². The predicted octanol–water partition coefficient (Wildman–Crippen LogP) is 2.71. The van der Waals surface area contributed by atoms with Gasteiger partial charge in [-0.1, -0.05) is 37.2 Å².